The minimum Gasteiger partial charge on any atom is -0.293 e. The Balaban J connectivity index is 2.23. The summed E-state index contributed by atoms with van der Waals surface area (Å²) in [4.78, 5) is 13.1. The lowest BCUT2D eigenvalue weighted by Gasteiger charge is -2.09. The molecular formula is C18H20O2S. The predicted molar refractivity (Wildman–Crippen MR) is 87.4 cm³/mol. The van der Waals surface area contributed by atoms with Crippen molar-refractivity contribution in [3.8, 4) is 0 Å². The SMILES string of the molecule is Cc1ccc(S(=O)CC(=O)c2cc(C)ccc2C)c(C)c1. The topological polar surface area (TPSA) is 34.1 Å². The van der Waals surface area contributed by atoms with Gasteiger partial charge in [0.05, 0.1) is 16.6 Å². The molecule has 0 radical (unpaired) electrons. The second kappa shape index (κ2) is 6.35. The number of rotatable bonds is 4. The Morgan fingerprint density at radius 1 is 0.905 bits per heavy atom. The van der Waals surface area contributed by atoms with Crippen LogP contribution < -0.4 is 0 Å². The van der Waals surface area contributed by atoms with Crippen molar-refractivity contribution in [3.63, 3.8) is 0 Å². The van der Waals surface area contributed by atoms with Gasteiger partial charge in [0, 0.05) is 10.5 Å². The molecule has 3 heteroatoms. The first-order chi connectivity index (χ1) is 9.88. The molecule has 0 heterocycles. The van der Waals surface area contributed by atoms with E-state index in [1.807, 2.05) is 64.1 Å². The summed E-state index contributed by atoms with van der Waals surface area (Å²) >= 11 is 0. The largest absolute Gasteiger partial charge is 0.293 e. The third-order valence-electron chi connectivity index (χ3n) is 3.53. The minimum atomic E-state index is -1.30. The van der Waals surface area contributed by atoms with Crippen LogP contribution in [0.25, 0.3) is 0 Å². The maximum absolute atomic E-state index is 12.4. The lowest BCUT2D eigenvalue weighted by atomic mass is 10.0. The summed E-state index contributed by atoms with van der Waals surface area (Å²) in [6.07, 6.45) is 0. The predicted octanol–water partition coefficient (Wildman–Crippen LogP) is 3.91. The number of aryl methyl sites for hydroxylation is 4. The first-order valence-electron chi connectivity index (χ1n) is 6.94. The van der Waals surface area contributed by atoms with Crippen molar-refractivity contribution in [2.45, 2.75) is 32.6 Å². The summed E-state index contributed by atoms with van der Waals surface area (Å²) in [5.41, 5.74) is 4.76. The molecule has 110 valence electrons. The summed E-state index contributed by atoms with van der Waals surface area (Å²) in [5, 5.41) is 0. The first-order valence-corrected chi connectivity index (χ1v) is 8.26. The first kappa shape index (κ1) is 15.6. The summed E-state index contributed by atoms with van der Waals surface area (Å²) < 4.78 is 12.4. The molecule has 2 nitrogen and oxygen atoms in total. The lowest BCUT2D eigenvalue weighted by molar-refractivity contribution is 0.102. The van der Waals surface area contributed by atoms with E-state index in [1.165, 1.54) is 0 Å². The number of hydrogen-bond donors (Lipinski definition) is 0. The second-order valence-corrected chi connectivity index (χ2v) is 6.92. The molecule has 0 aromatic heterocycles. The van der Waals surface area contributed by atoms with E-state index < -0.39 is 10.8 Å². The number of carbonyl (C=O) groups is 1. The van der Waals surface area contributed by atoms with E-state index in [1.54, 1.807) is 0 Å². The van der Waals surface area contributed by atoms with E-state index in [0.717, 1.165) is 27.1 Å². The van der Waals surface area contributed by atoms with Crippen LogP contribution in [-0.4, -0.2) is 15.7 Å². The number of Topliss-reactive ketones (excluding diaryl/α,β-unsaturated/α-hetero) is 1. The highest BCUT2D eigenvalue weighted by atomic mass is 32.2. The van der Waals surface area contributed by atoms with Crippen LogP contribution in [0.4, 0.5) is 0 Å². The van der Waals surface area contributed by atoms with Crippen molar-refractivity contribution < 1.29 is 9.00 Å². The third-order valence-corrected chi connectivity index (χ3v) is 5.00. The molecule has 2 rings (SSSR count). The summed E-state index contributed by atoms with van der Waals surface area (Å²) in [5.74, 6) is -0.0247. The maximum Gasteiger partial charge on any atom is 0.175 e. The maximum atomic E-state index is 12.4. The van der Waals surface area contributed by atoms with Crippen LogP contribution >= 0.6 is 0 Å². The monoisotopic (exact) mass is 300 g/mol. The van der Waals surface area contributed by atoms with Gasteiger partial charge in [-0.3, -0.25) is 9.00 Å². The average molecular weight is 300 g/mol. The smallest absolute Gasteiger partial charge is 0.175 e. The molecule has 0 bridgehead atoms. The second-order valence-electron chi connectivity index (χ2n) is 5.50. The number of carbonyl (C=O) groups excluding carboxylic acids is 1. The highest BCUT2D eigenvalue weighted by Crippen LogP contribution is 2.17. The van der Waals surface area contributed by atoms with Crippen LogP contribution in [0.5, 0.6) is 0 Å². The molecule has 0 aliphatic rings. The molecule has 0 N–H and O–H groups in total. The van der Waals surface area contributed by atoms with E-state index in [9.17, 15) is 9.00 Å². The normalized spacial score (nSPS) is 12.2. The summed E-state index contributed by atoms with van der Waals surface area (Å²) in [6.45, 7) is 7.80. The molecular weight excluding hydrogens is 280 g/mol. The van der Waals surface area contributed by atoms with E-state index in [2.05, 4.69) is 0 Å². The van der Waals surface area contributed by atoms with Crippen LogP contribution in [0.3, 0.4) is 0 Å². The van der Waals surface area contributed by atoms with Crippen molar-refractivity contribution in [3.05, 3.63) is 64.2 Å². The molecule has 1 unspecified atom stereocenters. The lowest BCUT2D eigenvalue weighted by Crippen LogP contribution is -2.13. The number of hydrogen-bond acceptors (Lipinski definition) is 2. The molecule has 2 aromatic carbocycles. The third kappa shape index (κ3) is 3.67. The Morgan fingerprint density at radius 3 is 2.19 bits per heavy atom. The van der Waals surface area contributed by atoms with Crippen molar-refractivity contribution >= 4 is 16.6 Å². The Kier molecular flexibility index (Phi) is 4.73. The molecule has 0 aliphatic carbocycles. The van der Waals surface area contributed by atoms with Crippen LogP contribution in [-0.2, 0) is 10.8 Å². The van der Waals surface area contributed by atoms with Gasteiger partial charge in [-0.05, 0) is 51.0 Å². The van der Waals surface area contributed by atoms with Crippen molar-refractivity contribution in [2.24, 2.45) is 0 Å². The Hall–Kier alpha value is -1.74. The Bertz CT molecular complexity index is 717. The average Bonchev–Trinajstić information content (AvgIpc) is 2.41. The molecule has 0 saturated heterocycles. The van der Waals surface area contributed by atoms with Crippen LogP contribution in [0, 0.1) is 27.7 Å². The van der Waals surface area contributed by atoms with Crippen LogP contribution in [0.2, 0.25) is 0 Å². The highest BCUT2D eigenvalue weighted by molar-refractivity contribution is 7.85. The van der Waals surface area contributed by atoms with Gasteiger partial charge in [0.2, 0.25) is 0 Å². The molecule has 0 fully saturated rings. The van der Waals surface area contributed by atoms with Crippen LogP contribution in [0.15, 0.2) is 41.3 Å². The fourth-order valence-electron chi connectivity index (χ4n) is 2.37. The number of benzene rings is 2. The van der Waals surface area contributed by atoms with Gasteiger partial charge in [0.15, 0.2) is 5.78 Å². The summed E-state index contributed by atoms with van der Waals surface area (Å²) in [6, 6.07) is 11.6. The standard InChI is InChI=1S/C18H20O2S/c1-12-6-8-18(15(4)9-12)21(20)11-17(19)16-10-13(2)5-7-14(16)3/h5-10H,11H2,1-4H3. The number of ketones is 1. The van der Waals surface area contributed by atoms with Crippen LogP contribution in [0.1, 0.15) is 32.6 Å². The van der Waals surface area contributed by atoms with Crippen molar-refractivity contribution in [2.75, 3.05) is 5.75 Å². The quantitative estimate of drug-likeness (QED) is 0.802. The van der Waals surface area contributed by atoms with Gasteiger partial charge in [-0.25, -0.2) is 0 Å². The zero-order valence-electron chi connectivity index (χ0n) is 12.9. The van der Waals surface area contributed by atoms with Crippen molar-refractivity contribution in [1.82, 2.24) is 0 Å². The van der Waals surface area contributed by atoms with Gasteiger partial charge in [0.25, 0.3) is 0 Å². The van der Waals surface area contributed by atoms with E-state index in [4.69, 9.17) is 0 Å². The molecule has 0 saturated carbocycles. The Morgan fingerprint density at radius 2 is 1.52 bits per heavy atom. The molecule has 0 amide bonds. The van der Waals surface area contributed by atoms with Gasteiger partial charge in [0.1, 0.15) is 0 Å². The molecule has 1 atom stereocenters. The van der Waals surface area contributed by atoms with Gasteiger partial charge in [-0.1, -0.05) is 35.4 Å². The van der Waals surface area contributed by atoms with Gasteiger partial charge in [-0.15, -0.1) is 0 Å². The van der Waals surface area contributed by atoms with Gasteiger partial charge >= 0.3 is 0 Å². The minimum absolute atomic E-state index is 0.0359. The fourth-order valence-corrected chi connectivity index (χ4v) is 3.55. The highest BCUT2D eigenvalue weighted by Gasteiger charge is 2.15. The fraction of sp³-hybridized carbons (Fsp3) is 0.278. The van der Waals surface area contributed by atoms with Gasteiger partial charge < -0.3 is 0 Å². The Labute approximate surface area is 128 Å². The van der Waals surface area contributed by atoms with E-state index in [0.29, 0.717) is 5.56 Å². The molecule has 2 aromatic rings. The molecule has 0 spiro atoms. The zero-order valence-corrected chi connectivity index (χ0v) is 13.7. The summed E-state index contributed by atoms with van der Waals surface area (Å²) in [7, 11) is -1.30. The zero-order chi connectivity index (χ0) is 15.6. The van der Waals surface area contributed by atoms with E-state index >= 15 is 0 Å². The molecule has 0 aliphatic heterocycles. The van der Waals surface area contributed by atoms with E-state index in [-0.39, 0.29) is 11.5 Å². The van der Waals surface area contributed by atoms with Crippen molar-refractivity contribution in [1.29, 1.82) is 0 Å². The molecule has 21 heavy (non-hydrogen) atoms. The van der Waals surface area contributed by atoms with Gasteiger partial charge in [-0.2, -0.15) is 0 Å².